The predicted molar refractivity (Wildman–Crippen MR) is 61.1 cm³/mol. The zero-order chi connectivity index (χ0) is 15.3. The first-order valence-electron chi connectivity index (χ1n) is 4.94. The van der Waals surface area contributed by atoms with Crippen molar-refractivity contribution in [1.29, 1.82) is 5.26 Å². The van der Waals surface area contributed by atoms with Crippen LogP contribution in [0.2, 0.25) is 0 Å². The number of rotatable bonds is 5. The molecule has 0 atom stereocenters. The number of carbonyl (C=O) groups is 1. The van der Waals surface area contributed by atoms with Crippen molar-refractivity contribution in [1.82, 2.24) is 0 Å². The van der Waals surface area contributed by atoms with Gasteiger partial charge in [-0.05, 0) is 18.2 Å². The standard InChI is InChI=1S/C11H6F2N2O5/c12-11(13)20-8-3-1-6(2-4-9(16)17)10(15(18)19)7(8)5-14/h1-4,11H,(H,16,17)/b4-2+. The molecule has 0 radical (unpaired) electrons. The molecule has 0 aliphatic heterocycles. The summed E-state index contributed by atoms with van der Waals surface area (Å²) in [7, 11) is 0. The van der Waals surface area contributed by atoms with Crippen molar-refractivity contribution in [3.8, 4) is 11.8 Å². The first-order chi connectivity index (χ1) is 9.36. The van der Waals surface area contributed by atoms with Gasteiger partial charge in [0, 0.05) is 6.08 Å². The van der Waals surface area contributed by atoms with Gasteiger partial charge in [-0.3, -0.25) is 10.1 Å². The number of nitrogens with zero attached hydrogens (tertiary/aromatic N) is 2. The van der Waals surface area contributed by atoms with Crippen LogP contribution < -0.4 is 4.74 Å². The Morgan fingerprint density at radius 3 is 2.65 bits per heavy atom. The van der Waals surface area contributed by atoms with Crippen molar-refractivity contribution in [3.63, 3.8) is 0 Å². The number of nitro groups is 1. The van der Waals surface area contributed by atoms with Gasteiger partial charge in [-0.15, -0.1) is 0 Å². The van der Waals surface area contributed by atoms with Crippen LogP contribution in [-0.2, 0) is 4.79 Å². The maximum atomic E-state index is 12.1. The number of carboxylic acid groups (broad SMARTS) is 1. The highest BCUT2D eigenvalue weighted by Crippen LogP contribution is 2.33. The van der Waals surface area contributed by atoms with E-state index >= 15 is 0 Å². The summed E-state index contributed by atoms with van der Waals surface area (Å²) >= 11 is 0. The van der Waals surface area contributed by atoms with E-state index in [1.807, 2.05) is 0 Å². The maximum absolute atomic E-state index is 12.1. The zero-order valence-electron chi connectivity index (χ0n) is 9.62. The number of ether oxygens (including phenoxy) is 1. The topological polar surface area (TPSA) is 113 Å². The molecule has 0 heterocycles. The SMILES string of the molecule is N#Cc1c(OC(F)F)ccc(/C=C/C(=O)O)c1[N+](=O)[O-]. The molecule has 0 spiro atoms. The first-order valence-corrected chi connectivity index (χ1v) is 4.94. The molecule has 20 heavy (non-hydrogen) atoms. The van der Waals surface area contributed by atoms with Crippen molar-refractivity contribution in [2.45, 2.75) is 6.61 Å². The molecule has 0 aromatic heterocycles. The molecule has 1 aromatic rings. The van der Waals surface area contributed by atoms with Gasteiger partial charge in [-0.2, -0.15) is 14.0 Å². The number of nitro benzene ring substituents is 1. The number of nitriles is 1. The second-order valence-corrected chi connectivity index (χ2v) is 3.30. The van der Waals surface area contributed by atoms with Gasteiger partial charge in [0.1, 0.15) is 6.07 Å². The summed E-state index contributed by atoms with van der Waals surface area (Å²) in [6.45, 7) is -3.25. The molecule has 7 nitrogen and oxygen atoms in total. The van der Waals surface area contributed by atoms with E-state index in [-0.39, 0.29) is 5.56 Å². The Balaban J connectivity index is 3.46. The van der Waals surface area contributed by atoms with Crippen LogP contribution in [0.5, 0.6) is 5.75 Å². The third-order valence-electron chi connectivity index (χ3n) is 2.09. The quantitative estimate of drug-likeness (QED) is 0.503. The Morgan fingerprint density at radius 2 is 2.20 bits per heavy atom. The average Bonchev–Trinajstić information content (AvgIpc) is 2.35. The minimum absolute atomic E-state index is 0.212. The van der Waals surface area contributed by atoms with Crippen molar-refractivity contribution >= 4 is 17.7 Å². The molecule has 0 bridgehead atoms. The van der Waals surface area contributed by atoms with Crippen LogP contribution in [0.4, 0.5) is 14.5 Å². The molecule has 0 amide bonds. The third kappa shape index (κ3) is 3.49. The summed E-state index contributed by atoms with van der Waals surface area (Å²) in [6, 6.07) is 3.34. The molecule has 0 unspecified atom stereocenters. The lowest BCUT2D eigenvalue weighted by Gasteiger charge is -2.07. The van der Waals surface area contributed by atoms with Gasteiger partial charge in [-0.1, -0.05) is 0 Å². The molecular formula is C11H6F2N2O5. The highest BCUT2D eigenvalue weighted by Gasteiger charge is 2.24. The molecule has 0 saturated heterocycles. The number of carboxylic acids is 1. The van der Waals surface area contributed by atoms with E-state index in [0.717, 1.165) is 18.2 Å². The number of alkyl halides is 2. The predicted octanol–water partition coefficient (Wildman–Crippen LogP) is 2.17. The lowest BCUT2D eigenvalue weighted by molar-refractivity contribution is -0.385. The second-order valence-electron chi connectivity index (χ2n) is 3.30. The minimum Gasteiger partial charge on any atom is -0.478 e. The zero-order valence-corrected chi connectivity index (χ0v) is 9.62. The maximum Gasteiger partial charge on any atom is 0.387 e. The second kappa shape index (κ2) is 6.24. The molecule has 1 rings (SSSR count). The summed E-state index contributed by atoms with van der Waals surface area (Å²) in [5.41, 5.74) is -1.72. The Bertz CT molecular complexity index is 622. The van der Waals surface area contributed by atoms with Gasteiger partial charge in [0.2, 0.25) is 0 Å². The van der Waals surface area contributed by atoms with Crippen LogP contribution in [0.25, 0.3) is 6.08 Å². The van der Waals surface area contributed by atoms with Crippen LogP contribution >= 0.6 is 0 Å². The van der Waals surface area contributed by atoms with Gasteiger partial charge in [0.15, 0.2) is 11.3 Å². The fourth-order valence-corrected chi connectivity index (χ4v) is 1.38. The van der Waals surface area contributed by atoms with E-state index < -0.39 is 34.5 Å². The van der Waals surface area contributed by atoms with Crippen molar-refractivity contribution < 1.29 is 28.3 Å². The van der Waals surface area contributed by atoms with E-state index in [2.05, 4.69) is 4.74 Å². The third-order valence-corrected chi connectivity index (χ3v) is 2.09. The highest BCUT2D eigenvalue weighted by molar-refractivity contribution is 5.87. The van der Waals surface area contributed by atoms with Crippen LogP contribution in [0.3, 0.4) is 0 Å². The summed E-state index contributed by atoms with van der Waals surface area (Å²) in [5, 5.41) is 28.2. The lowest BCUT2D eigenvalue weighted by Crippen LogP contribution is -2.06. The molecule has 0 saturated carbocycles. The Hall–Kier alpha value is -3.02. The van der Waals surface area contributed by atoms with Gasteiger partial charge in [0.05, 0.1) is 10.5 Å². The number of halogens is 2. The van der Waals surface area contributed by atoms with E-state index in [4.69, 9.17) is 10.4 Å². The molecular weight excluding hydrogens is 278 g/mol. The Morgan fingerprint density at radius 1 is 1.55 bits per heavy atom. The summed E-state index contributed by atoms with van der Waals surface area (Å²) in [6.07, 6.45) is 1.50. The molecule has 0 fully saturated rings. The van der Waals surface area contributed by atoms with Gasteiger partial charge < -0.3 is 9.84 Å². The number of hydrogen-bond acceptors (Lipinski definition) is 5. The number of benzene rings is 1. The van der Waals surface area contributed by atoms with Crippen LogP contribution in [0, 0.1) is 21.4 Å². The summed E-state index contributed by atoms with van der Waals surface area (Å²) in [5.74, 6) is -2.01. The lowest BCUT2D eigenvalue weighted by atomic mass is 10.1. The largest absolute Gasteiger partial charge is 0.478 e. The van der Waals surface area contributed by atoms with Crippen molar-refractivity contribution in [2.24, 2.45) is 0 Å². The smallest absolute Gasteiger partial charge is 0.387 e. The van der Waals surface area contributed by atoms with Gasteiger partial charge in [0.25, 0.3) is 5.69 Å². The van der Waals surface area contributed by atoms with Crippen LogP contribution in [0.15, 0.2) is 18.2 Å². The van der Waals surface area contributed by atoms with E-state index in [1.54, 1.807) is 0 Å². The van der Waals surface area contributed by atoms with Crippen molar-refractivity contribution in [3.05, 3.63) is 39.4 Å². The Labute approximate surface area is 110 Å². The van der Waals surface area contributed by atoms with E-state index in [9.17, 15) is 23.7 Å². The molecule has 9 heteroatoms. The molecule has 0 aliphatic carbocycles. The monoisotopic (exact) mass is 284 g/mol. The molecule has 0 aliphatic rings. The minimum atomic E-state index is -3.25. The molecule has 1 aromatic carbocycles. The highest BCUT2D eigenvalue weighted by atomic mass is 19.3. The van der Waals surface area contributed by atoms with E-state index in [0.29, 0.717) is 6.08 Å². The normalized spacial score (nSPS) is 10.5. The summed E-state index contributed by atoms with van der Waals surface area (Å²) in [4.78, 5) is 20.3. The van der Waals surface area contributed by atoms with Crippen LogP contribution in [-0.4, -0.2) is 22.6 Å². The molecule has 1 N–H and O–H groups in total. The first kappa shape index (κ1) is 15.0. The Kier molecular flexibility index (Phi) is 4.69. The van der Waals surface area contributed by atoms with Crippen LogP contribution in [0.1, 0.15) is 11.1 Å². The summed E-state index contributed by atoms with van der Waals surface area (Å²) < 4.78 is 28.3. The van der Waals surface area contributed by atoms with Gasteiger partial charge in [-0.25, -0.2) is 4.79 Å². The fourth-order valence-electron chi connectivity index (χ4n) is 1.38. The fraction of sp³-hybridized carbons (Fsp3) is 0.0909. The van der Waals surface area contributed by atoms with Crippen molar-refractivity contribution in [2.75, 3.05) is 0 Å². The number of aliphatic carboxylic acids is 1. The van der Waals surface area contributed by atoms with Gasteiger partial charge >= 0.3 is 12.6 Å². The molecule has 104 valence electrons. The average molecular weight is 284 g/mol. The van der Waals surface area contributed by atoms with E-state index in [1.165, 1.54) is 6.07 Å². The number of hydrogen-bond donors (Lipinski definition) is 1.